The highest BCUT2D eigenvalue weighted by molar-refractivity contribution is 7.85. The molecule has 0 spiro atoms. The third-order valence-corrected chi connectivity index (χ3v) is 3.64. The van der Waals surface area contributed by atoms with Crippen molar-refractivity contribution < 1.29 is 12.7 Å². The fourth-order valence-corrected chi connectivity index (χ4v) is 2.50. The third kappa shape index (κ3) is 4.70. The molecule has 0 saturated carbocycles. The minimum atomic E-state index is -3.66. The Balaban J connectivity index is 2.36. The number of nitriles is 1. The number of halogens is 2. The van der Waals surface area contributed by atoms with E-state index in [1.165, 1.54) is 12.2 Å². The number of benzene rings is 1. The lowest BCUT2D eigenvalue weighted by atomic mass is 9.97. The van der Waals surface area contributed by atoms with Gasteiger partial charge in [-0.2, -0.15) is 13.7 Å². The van der Waals surface area contributed by atoms with Gasteiger partial charge < -0.3 is 0 Å². The summed E-state index contributed by atoms with van der Waals surface area (Å²) >= 11 is 12.0. The maximum Gasteiger partial charge on any atom is 0.325 e. The van der Waals surface area contributed by atoms with Crippen molar-refractivity contribution in [1.29, 1.82) is 5.26 Å². The molecule has 0 fully saturated rings. The molecule has 0 unspecified atom stereocenters. The van der Waals surface area contributed by atoms with Crippen LogP contribution in [0.15, 0.2) is 53.2 Å². The lowest BCUT2D eigenvalue weighted by molar-refractivity contribution is 0.344. The van der Waals surface area contributed by atoms with Crippen LogP contribution in [0, 0.1) is 11.3 Å². The molecule has 0 atom stereocenters. The van der Waals surface area contributed by atoms with E-state index in [1.54, 1.807) is 30.4 Å². The number of allylic oxidation sites excluding steroid dienone is 6. The standard InChI is InChI=1S/C15H10Cl2N2O3S/c1-23(20,21)22-19-12-5-2-10(3-6-12)14(9-18)13-7-4-11(16)8-15(13)17/h2-8H,1H3. The summed E-state index contributed by atoms with van der Waals surface area (Å²) in [4.78, 5) is 0. The Morgan fingerprint density at radius 2 is 1.87 bits per heavy atom. The van der Waals surface area contributed by atoms with Gasteiger partial charge in [-0.15, -0.1) is 0 Å². The fourth-order valence-electron chi connectivity index (χ4n) is 1.77. The van der Waals surface area contributed by atoms with E-state index in [2.05, 4.69) is 15.5 Å². The van der Waals surface area contributed by atoms with Crippen molar-refractivity contribution in [2.75, 3.05) is 6.26 Å². The highest BCUT2D eigenvalue weighted by Gasteiger charge is 2.12. The van der Waals surface area contributed by atoms with Gasteiger partial charge in [0, 0.05) is 10.6 Å². The molecule has 0 amide bonds. The second-order valence-corrected chi connectivity index (χ2v) is 6.93. The zero-order valence-corrected chi connectivity index (χ0v) is 14.2. The molecule has 1 aromatic carbocycles. The Morgan fingerprint density at radius 3 is 2.39 bits per heavy atom. The molecule has 2 rings (SSSR count). The van der Waals surface area contributed by atoms with Gasteiger partial charge in [-0.3, -0.25) is 4.28 Å². The monoisotopic (exact) mass is 368 g/mol. The third-order valence-electron chi connectivity index (χ3n) is 2.75. The van der Waals surface area contributed by atoms with Crippen LogP contribution in [0.25, 0.3) is 5.57 Å². The molecular weight excluding hydrogens is 359 g/mol. The summed E-state index contributed by atoms with van der Waals surface area (Å²) < 4.78 is 26.1. The molecule has 118 valence electrons. The smallest absolute Gasteiger partial charge is 0.268 e. The first kappa shape index (κ1) is 17.3. The summed E-state index contributed by atoms with van der Waals surface area (Å²) in [5.74, 6) is 0. The van der Waals surface area contributed by atoms with Gasteiger partial charge in [-0.25, -0.2) is 0 Å². The van der Waals surface area contributed by atoms with Crippen molar-refractivity contribution in [3.05, 3.63) is 63.7 Å². The summed E-state index contributed by atoms with van der Waals surface area (Å²) in [5, 5.41) is 13.7. The molecule has 8 heteroatoms. The van der Waals surface area contributed by atoms with Crippen LogP contribution in [0.5, 0.6) is 0 Å². The van der Waals surface area contributed by atoms with Gasteiger partial charge in [0.25, 0.3) is 0 Å². The SMILES string of the molecule is CS(=O)(=O)ON=C1C=CC(=C(C#N)c2ccc(Cl)cc2Cl)C=C1. The van der Waals surface area contributed by atoms with Crippen molar-refractivity contribution in [1.82, 2.24) is 0 Å². The summed E-state index contributed by atoms with van der Waals surface area (Å²) in [6.45, 7) is 0. The normalized spacial score (nSPS) is 13.7. The number of hydrogen-bond donors (Lipinski definition) is 0. The molecule has 1 aliphatic carbocycles. The molecule has 5 nitrogen and oxygen atoms in total. The summed E-state index contributed by atoms with van der Waals surface area (Å²) in [5.41, 5.74) is 1.83. The van der Waals surface area contributed by atoms with E-state index in [0.29, 0.717) is 32.5 Å². The van der Waals surface area contributed by atoms with E-state index in [4.69, 9.17) is 23.2 Å². The molecule has 0 bridgehead atoms. The first-order valence-corrected chi connectivity index (χ1v) is 8.80. The molecule has 1 aliphatic rings. The first-order valence-electron chi connectivity index (χ1n) is 6.23. The lowest BCUT2D eigenvalue weighted by Gasteiger charge is -2.08. The van der Waals surface area contributed by atoms with E-state index >= 15 is 0 Å². The van der Waals surface area contributed by atoms with Crippen LogP contribution in [-0.2, 0) is 14.4 Å². The van der Waals surface area contributed by atoms with Crippen LogP contribution >= 0.6 is 23.2 Å². The van der Waals surface area contributed by atoms with E-state index in [0.717, 1.165) is 6.26 Å². The van der Waals surface area contributed by atoms with Gasteiger partial charge in [-0.1, -0.05) is 46.6 Å². The van der Waals surface area contributed by atoms with Crippen molar-refractivity contribution in [3.63, 3.8) is 0 Å². The average molecular weight is 369 g/mol. The van der Waals surface area contributed by atoms with Gasteiger partial charge in [0.1, 0.15) is 11.8 Å². The summed E-state index contributed by atoms with van der Waals surface area (Å²) in [6, 6.07) is 6.96. The average Bonchev–Trinajstić information content (AvgIpc) is 2.48. The van der Waals surface area contributed by atoms with Crippen LogP contribution < -0.4 is 0 Å². The molecule has 1 aromatic rings. The van der Waals surface area contributed by atoms with Crippen LogP contribution in [0.3, 0.4) is 0 Å². The van der Waals surface area contributed by atoms with Crippen molar-refractivity contribution >= 4 is 44.6 Å². The first-order chi connectivity index (χ1) is 10.8. The minimum absolute atomic E-state index is 0.304. The van der Waals surface area contributed by atoms with Gasteiger partial charge in [-0.05, 0) is 29.9 Å². The van der Waals surface area contributed by atoms with Crippen LogP contribution in [0.4, 0.5) is 0 Å². The Labute approximate surface area is 143 Å². The molecule has 0 radical (unpaired) electrons. The number of rotatable bonds is 3. The maximum atomic E-state index is 10.9. The zero-order chi connectivity index (χ0) is 17.0. The molecule has 0 saturated heterocycles. The second-order valence-electron chi connectivity index (χ2n) is 4.53. The van der Waals surface area contributed by atoms with E-state index in [9.17, 15) is 13.7 Å². The topological polar surface area (TPSA) is 79.5 Å². The van der Waals surface area contributed by atoms with Gasteiger partial charge in [0.2, 0.25) is 0 Å². The molecule has 23 heavy (non-hydrogen) atoms. The van der Waals surface area contributed by atoms with E-state index < -0.39 is 10.1 Å². The van der Waals surface area contributed by atoms with Crippen molar-refractivity contribution in [2.45, 2.75) is 0 Å². The Kier molecular flexibility index (Phi) is 5.26. The van der Waals surface area contributed by atoms with E-state index in [-0.39, 0.29) is 0 Å². The van der Waals surface area contributed by atoms with Gasteiger partial charge in [0.15, 0.2) is 0 Å². The highest BCUT2D eigenvalue weighted by Crippen LogP contribution is 2.30. The van der Waals surface area contributed by atoms with Gasteiger partial charge >= 0.3 is 10.1 Å². The summed E-state index contributed by atoms with van der Waals surface area (Å²) in [7, 11) is -3.66. The molecule has 0 aliphatic heterocycles. The lowest BCUT2D eigenvalue weighted by Crippen LogP contribution is -2.02. The van der Waals surface area contributed by atoms with Crippen LogP contribution in [0.1, 0.15) is 5.56 Å². The van der Waals surface area contributed by atoms with Crippen molar-refractivity contribution in [2.24, 2.45) is 5.16 Å². The number of hydrogen-bond acceptors (Lipinski definition) is 5. The maximum absolute atomic E-state index is 10.9. The number of oxime groups is 1. The number of nitrogens with zero attached hydrogens (tertiary/aromatic N) is 2. The minimum Gasteiger partial charge on any atom is -0.268 e. The van der Waals surface area contributed by atoms with Crippen LogP contribution in [-0.4, -0.2) is 20.4 Å². The Morgan fingerprint density at radius 1 is 1.22 bits per heavy atom. The second kappa shape index (κ2) is 7.01. The predicted octanol–water partition coefficient (Wildman–Crippen LogP) is 3.73. The Bertz CT molecular complexity index is 889. The molecule has 0 heterocycles. The molecule has 0 aromatic heterocycles. The van der Waals surface area contributed by atoms with E-state index in [1.807, 2.05) is 0 Å². The highest BCUT2D eigenvalue weighted by atomic mass is 35.5. The molecule has 0 N–H and O–H groups in total. The largest absolute Gasteiger partial charge is 0.325 e. The Hall–Kier alpha value is -2.07. The predicted molar refractivity (Wildman–Crippen MR) is 90.6 cm³/mol. The summed E-state index contributed by atoms with van der Waals surface area (Å²) in [6.07, 6.45) is 7.19. The zero-order valence-electron chi connectivity index (χ0n) is 11.8. The van der Waals surface area contributed by atoms with Gasteiger partial charge in [0.05, 0.1) is 16.9 Å². The van der Waals surface area contributed by atoms with Crippen molar-refractivity contribution in [3.8, 4) is 6.07 Å². The van der Waals surface area contributed by atoms with Crippen LogP contribution in [0.2, 0.25) is 10.0 Å². The molecular formula is C15H10Cl2N2O3S. The fraction of sp³-hybridized carbons (Fsp3) is 0.0667. The quantitative estimate of drug-likeness (QED) is 0.601.